The molecule has 1 unspecified atom stereocenters. The molecule has 0 saturated carbocycles. The number of carbonyl (C=O) groups is 1. The van der Waals surface area contributed by atoms with Crippen molar-refractivity contribution in [2.75, 3.05) is 38.2 Å². The second-order valence-electron chi connectivity index (χ2n) is 9.49. The molecule has 1 atom stereocenters. The van der Waals surface area contributed by atoms with Gasteiger partial charge in [-0.2, -0.15) is 5.26 Å². The van der Waals surface area contributed by atoms with E-state index in [-0.39, 0.29) is 37.6 Å². The molecule has 198 valence electrons. The molecule has 2 aromatic heterocycles. The Morgan fingerprint density at radius 3 is 2.71 bits per heavy atom. The van der Waals surface area contributed by atoms with E-state index in [1.165, 1.54) is 12.1 Å². The molecule has 38 heavy (non-hydrogen) atoms. The number of H-pyrrole nitrogens is 1. The number of imidazole rings is 1. The maximum atomic E-state index is 13.6. The van der Waals surface area contributed by atoms with Crippen LogP contribution in [-0.4, -0.2) is 64.9 Å². The Hall–Kier alpha value is -3.92. The molecule has 0 radical (unpaired) electrons. The van der Waals surface area contributed by atoms with Crippen molar-refractivity contribution in [1.29, 1.82) is 5.26 Å². The van der Waals surface area contributed by atoms with E-state index < -0.39 is 11.7 Å². The lowest BCUT2D eigenvalue weighted by molar-refractivity contribution is -0.230. The molecule has 0 bridgehead atoms. The number of nitriles is 1. The summed E-state index contributed by atoms with van der Waals surface area (Å²) in [4.78, 5) is 29.4. The van der Waals surface area contributed by atoms with E-state index in [4.69, 9.17) is 24.5 Å². The van der Waals surface area contributed by atoms with Crippen LogP contribution in [0.25, 0.3) is 22.6 Å². The highest BCUT2D eigenvalue weighted by Crippen LogP contribution is 2.35. The molecule has 3 aromatic rings. The third-order valence-corrected chi connectivity index (χ3v) is 6.47. The number of aromatic nitrogens is 4. The molecule has 4 heterocycles. The molecule has 2 saturated heterocycles. The zero-order valence-electron chi connectivity index (χ0n) is 20.9. The fourth-order valence-corrected chi connectivity index (χ4v) is 4.33. The van der Waals surface area contributed by atoms with Crippen LogP contribution in [0.1, 0.15) is 31.9 Å². The molecular formula is C26H28FN7O4. The fourth-order valence-electron chi connectivity index (χ4n) is 4.33. The summed E-state index contributed by atoms with van der Waals surface area (Å²) in [5.74, 6) is 0.144. The van der Waals surface area contributed by atoms with Crippen LogP contribution in [0.15, 0.2) is 36.5 Å². The van der Waals surface area contributed by atoms with Gasteiger partial charge >= 0.3 is 0 Å². The van der Waals surface area contributed by atoms with E-state index in [1.807, 2.05) is 6.07 Å². The minimum absolute atomic E-state index is 0.0711. The molecular weight excluding hydrogens is 493 g/mol. The number of nitrogens with one attached hydrogen (secondary N) is 3. The van der Waals surface area contributed by atoms with Gasteiger partial charge in [-0.1, -0.05) is 0 Å². The van der Waals surface area contributed by atoms with Crippen molar-refractivity contribution < 1.29 is 23.4 Å². The number of anilines is 1. The van der Waals surface area contributed by atoms with Gasteiger partial charge in [0, 0.05) is 24.9 Å². The van der Waals surface area contributed by atoms with Crippen LogP contribution in [0.4, 0.5) is 10.3 Å². The predicted molar refractivity (Wildman–Crippen MR) is 134 cm³/mol. The van der Waals surface area contributed by atoms with Crippen LogP contribution < -0.4 is 10.6 Å². The van der Waals surface area contributed by atoms with E-state index in [2.05, 4.69) is 25.6 Å². The van der Waals surface area contributed by atoms with Crippen LogP contribution in [-0.2, 0) is 19.0 Å². The largest absolute Gasteiger partial charge is 0.376 e. The maximum Gasteiger partial charge on any atom is 0.231 e. The number of halogens is 1. The molecule has 2 aliphatic heterocycles. The number of aromatic amines is 1. The molecule has 5 rings (SSSR count). The number of nitrogens with zero attached hydrogens (tertiary/aromatic N) is 4. The summed E-state index contributed by atoms with van der Waals surface area (Å²) in [6.45, 7) is 3.12. The molecule has 12 heteroatoms. The lowest BCUT2D eigenvalue weighted by Gasteiger charge is -2.35. The smallest absolute Gasteiger partial charge is 0.231 e. The van der Waals surface area contributed by atoms with E-state index in [1.54, 1.807) is 31.3 Å². The lowest BCUT2D eigenvalue weighted by Crippen LogP contribution is -2.48. The van der Waals surface area contributed by atoms with Gasteiger partial charge in [0.2, 0.25) is 18.1 Å². The van der Waals surface area contributed by atoms with Crippen molar-refractivity contribution in [3.8, 4) is 28.7 Å². The second-order valence-corrected chi connectivity index (χ2v) is 9.49. The Kier molecular flexibility index (Phi) is 7.59. The van der Waals surface area contributed by atoms with Crippen LogP contribution in [0, 0.1) is 22.6 Å². The summed E-state index contributed by atoms with van der Waals surface area (Å²) < 4.78 is 31.1. The molecule has 11 nitrogen and oxygen atoms in total. The summed E-state index contributed by atoms with van der Waals surface area (Å²) in [7, 11) is 0. The lowest BCUT2D eigenvalue weighted by atomic mass is 9.91. The highest BCUT2D eigenvalue weighted by Gasteiger charge is 2.40. The van der Waals surface area contributed by atoms with Gasteiger partial charge in [-0.15, -0.1) is 0 Å². The van der Waals surface area contributed by atoms with Gasteiger partial charge in [-0.25, -0.2) is 19.3 Å². The molecule has 1 aromatic carbocycles. The summed E-state index contributed by atoms with van der Waals surface area (Å²) in [5.41, 5.74) is 1.42. The first-order valence-electron chi connectivity index (χ1n) is 12.4. The Morgan fingerprint density at radius 1 is 1.21 bits per heavy atom. The summed E-state index contributed by atoms with van der Waals surface area (Å²) in [6.07, 6.45) is 2.95. The van der Waals surface area contributed by atoms with Crippen molar-refractivity contribution >= 4 is 11.9 Å². The number of amides is 1. The molecule has 2 aliphatic rings. The SMILES string of the molecule is CC1(C(=O)NCC#N)COC(c2nc(-c3ccc(F)cc3)c(-c3ccnc(NCC4CCCO4)n3)[nH]2)OC1. The van der Waals surface area contributed by atoms with Gasteiger partial charge in [0.15, 0.2) is 5.82 Å². The minimum Gasteiger partial charge on any atom is -0.376 e. The Labute approximate surface area is 218 Å². The number of benzene rings is 1. The molecule has 3 N–H and O–H groups in total. The maximum absolute atomic E-state index is 13.6. The Morgan fingerprint density at radius 2 is 2.00 bits per heavy atom. The van der Waals surface area contributed by atoms with Crippen LogP contribution in [0.2, 0.25) is 0 Å². The monoisotopic (exact) mass is 521 g/mol. The topological polar surface area (TPSA) is 147 Å². The van der Waals surface area contributed by atoms with Gasteiger partial charge in [0.05, 0.1) is 47.9 Å². The van der Waals surface area contributed by atoms with Crippen molar-refractivity contribution in [3.63, 3.8) is 0 Å². The van der Waals surface area contributed by atoms with Crippen molar-refractivity contribution in [3.05, 3.63) is 48.2 Å². The van der Waals surface area contributed by atoms with Crippen molar-refractivity contribution in [1.82, 2.24) is 25.3 Å². The normalized spacial score (nSPS) is 23.1. The zero-order valence-corrected chi connectivity index (χ0v) is 20.9. The standard InChI is InChI=1S/C26H28FN7O4/c1-26(24(35)29-11-9-28)14-37-23(38-15-26)22-33-20(16-4-6-17(27)7-5-16)21(34-22)19-8-10-30-25(32-19)31-13-18-3-2-12-36-18/h4-8,10,18,23H,2-3,11-15H2,1H3,(H,29,35)(H,33,34)(H,30,31,32). The first-order valence-corrected chi connectivity index (χ1v) is 12.4. The van der Waals surface area contributed by atoms with Crippen LogP contribution in [0.3, 0.4) is 0 Å². The Balaban J connectivity index is 1.40. The first-order chi connectivity index (χ1) is 18.4. The van der Waals surface area contributed by atoms with Gasteiger partial charge < -0.3 is 29.8 Å². The Bertz CT molecular complexity index is 1310. The van der Waals surface area contributed by atoms with Crippen LogP contribution >= 0.6 is 0 Å². The third kappa shape index (κ3) is 5.65. The highest BCUT2D eigenvalue weighted by molar-refractivity contribution is 5.83. The number of ether oxygens (including phenoxy) is 3. The number of carbonyl (C=O) groups excluding carboxylic acids is 1. The first kappa shape index (κ1) is 25.7. The molecule has 1 amide bonds. The zero-order chi connectivity index (χ0) is 26.5. The van der Waals surface area contributed by atoms with E-state index in [9.17, 15) is 9.18 Å². The number of rotatable bonds is 8. The average molecular weight is 522 g/mol. The molecule has 0 aliphatic carbocycles. The van der Waals surface area contributed by atoms with Crippen molar-refractivity contribution in [2.45, 2.75) is 32.2 Å². The molecule has 0 spiro atoms. The number of hydrogen-bond donors (Lipinski definition) is 3. The summed E-state index contributed by atoms with van der Waals surface area (Å²) >= 11 is 0. The number of hydrogen-bond acceptors (Lipinski definition) is 9. The summed E-state index contributed by atoms with van der Waals surface area (Å²) in [6, 6.07) is 9.63. The minimum atomic E-state index is -0.946. The van der Waals surface area contributed by atoms with Gasteiger partial charge in [-0.3, -0.25) is 4.79 Å². The molecule has 2 fully saturated rings. The van der Waals surface area contributed by atoms with E-state index in [0.29, 0.717) is 41.0 Å². The average Bonchev–Trinajstić information content (AvgIpc) is 3.62. The quantitative estimate of drug-likeness (QED) is 0.381. The van der Waals surface area contributed by atoms with Gasteiger partial charge in [0.25, 0.3) is 0 Å². The van der Waals surface area contributed by atoms with Gasteiger partial charge in [0.1, 0.15) is 12.4 Å². The second kappa shape index (κ2) is 11.2. The fraction of sp³-hybridized carbons (Fsp3) is 0.423. The van der Waals surface area contributed by atoms with Crippen LogP contribution in [0.5, 0.6) is 0 Å². The third-order valence-electron chi connectivity index (χ3n) is 6.47. The van der Waals surface area contributed by atoms with E-state index in [0.717, 1.165) is 19.4 Å². The highest BCUT2D eigenvalue weighted by atomic mass is 19.1. The van der Waals surface area contributed by atoms with Crippen molar-refractivity contribution in [2.24, 2.45) is 5.41 Å². The predicted octanol–water partition coefficient (Wildman–Crippen LogP) is 2.96. The van der Waals surface area contributed by atoms with Gasteiger partial charge in [-0.05, 0) is 50.1 Å². The van der Waals surface area contributed by atoms with E-state index >= 15 is 0 Å². The summed E-state index contributed by atoms with van der Waals surface area (Å²) in [5, 5.41) is 14.5.